The fourth-order valence-corrected chi connectivity index (χ4v) is 1.91. The van der Waals surface area contributed by atoms with E-state index in [1.807, 2.05) is 12.1 Å². The van der Waals surface area contributed by atoms with Crippen LogP contribution in [0.4, 0.5) is 0 Å². The first-order chi connectivity index (χ1) is 7.61. The molecule has 0 atom stereocenters. The predicted molar refractivity (Wildman–Crippen MR) is 64.5 cm³/mol. The van der Waals surface area contributed by atoms with Gasteiger partial charge in [0.25, 0.3) is 0 Å². The van der Waals surface area contributed by atoms with Crippen LogP contribution in [-0.2, 0) is 16.1 Å². The minimum Gasteiger partial charge on any atom is -0.468 e. The summed E-state index contributed by atoms with van der Waals surface area (Å²) < 4.78 is 6.88. The van der Waals surface area contributed by atoms with Crippen molar-refractivity contribution in [2.45, 2.75) is 6.54 Å². The Bertz CT molecular complexity index is 553. The quantitative estimate of drug-likeness (QED) is 0.801. The lowest BCUT2D eigenvalue weighted by Gasteiger charge is -1.97. The summed E-state index contributed by atoms with van der Waals surface area (Å²) in [6.07, 6.45) is 1.72. The lowest BCUT2D eigenvalue weighted by molar-refractivity contribution is -0.141. The van der Waals surface area contributed by atoms with E-state index < -0.39 is 0 Å². The maximum absolute atomic E-state index is 11.1. The minimum atomic E-state index is -0.344. The van der Waals surface area contributed by atoms with Gasteiger partial charge in [-0.2, -0.15) is 5.10 Å². The Kier molecular flexibility index (Phi) is 3.16. The van der Waals surface area contributed by atoms with Gasteiger partial charge in [0.15, 0.2) is 0 Å². The fourth-order valence-electron chi connectivity index (χ4n) is 1.36. The SMILES string of the molecule is COC(=O)Cn1cc2c(Cl)c(Br)ccc2n1. The van der Waals surface area contributed by atoms with Crippen molar-refractivity contribution in [1.29, 1.82) is 0 Å². The summed E-state index contributed by atoms with van der Waals surface area (Å²) in [4.78, 5) is 11.1. The van der Waals surface area contributed by atoms with E-state index in [1.165, 1.54) is 11.8 Å². The van der Waals surface area contributed by atoms with Gasteiger partial charge in [0.1, 0.15) is 6.54 Å². The van der Waals surface area contributed by atoms with Gasteiger partial charge in [-0.25, -0.2) is 0 Å². The number of hydrogen-bond acceptors (Lipinski definition) is 3. The zero-order valence-electron chi connectivity index (χ0n) is 8.41. The van der Waals surface area contributed by atoms with Crippen molar-refractivity contribution < 1.29 is 9.53 Å². The molecule has 0 amide bonds. The number of ether oxygens (including phenoxy) is 1. The number of esters is 1. The van der Waals surface area contributed by atoms with E-state index in [0.29, 0.717) is 5.02 Å². The second-order valence-corrected chi connectivity index (χ2v) is 4.43. The number of carbonyl (C=O) groups is 1. The lowest BCUT2D eigenvalue weighted by Crippen LogP contribution is -2.11. The van der Waals surface area contributed by atoms with Gasteiger partial charge < -0.3 is 4.74 Å². The second-order valence-electron chi connectivity index (χ2n) is 3.20. The monoisotopic (exact) mass is 302 g/mol. The summed E-state index contributed by atoms with van der Waals surface area (Å²) in [5, 5.41) is 5.61. The van der Waals surface area contributed by atoms with Crippen LogP contribution in [0, 0.1) is 0 Å². The summed E-state index contributed by atoms with van der Waals surface area (Å²) in [6, 6.07) is 3.65. The number of rotatable bonds is 2. The molecule has 0 fully saturated rings. The Morgan fingerprint density at radius 1 is 1.62 bits per heavy atom. The highest BCUT2D eigenvalue weighted by atomic mass is 79.9. The standard InChI is InChI=1S/C10H8BrClN2O2/c1-16-9(15)5-14-4-6-8(13-14)3-2-7(11)10(6)12/h2-4H,5H2,1H3. The Morgan fingerprint density at radius 2 is 2.38 bits per heavy atom. The average Bonchev–Trinajstić information content (AvgIpc) is 2.67. The molecule has 0 spiro atoms. The van der Waals surface area contributed by atoms with Gasteiger partial charge in [-0.3, -0.25) is 9.48 Å². The second kappa shape index (κ2) is 4.43. The van der Waals surface area contributed by atoms with Crippen LogP contribution in [0.5, 0.6) is 0 Å². The molecule has 16 heavy (non-hydrogen) atoms. The lowest BCUT2D eigenvalue weighted by atomic mass is 10.3. The molecule has 0 bridgehead atoms. The van der Waals surface area contributed by atoms with E-state index in [0.717, 1.165) is 15.4 Å². The maximum Gasteiger partial charge on any atom is 0.327 e. The number of nitrogens with zero attached hydrogens (tertiary/aromatic N) is 2. The molecule has 0 aliphatic carbocycles. The molecule has 6 heteroatoms. The van der Waals surface area contributed by atoms with Gasteiger partial charge in [0.2, 0.25) is 0 Å². The molecule has 0 saturated heterocycles. The fraction of sp³-hybridized carbons (Fsp3) is 0.200. The first-order valence-electron chi connectivity index (χ1n) is 4.50. The molecule has 0 aliphatic heterocycles. The molecule has 0 unspecified atom stereocenters. The third-order valence-electron chi connectivity index (χ3n) is 2.14. The zero-order valence-corrected chi connectivity index (χ0v) is 10.7. The molecule has 1 aromatic carbocycles. The van der Waals surface area contributed by atoms with Gasteiger partial charge in [0, 0.05) is 16.1 Å². The van der Waals surface area contributed by atoms with Crippen LogP contribution in [0.3, 0.4) is 0 Å². The maximum atomic E-state index is 11.1. The van der Waals surface area contributed by atoms with Crippen LogP contribution >= 0.6 is 27.5 Å². The van der Waals surface area contributed by atoms with Gasteiger partial charge in [0.05, 0.1) is 17.6 Å². The van der Waals surface area contributed by atoms with Crippen molar-refractivity contribution >= 4 is 44.4 Å². The van der Waals surface area contributed by atoms with Gasteiger partial charge in [-0.1, -0.05) is 11.6 Å². The van der Waals surface area contributed by atoms with E-state index in [4.69, 9.17) is 11.6 Å². The van der Waals surface area contributed by atoms with E-state index in [2.05, 4.69) is 25.8 Å². The number of aromatic nitrogens is 2. The minimum absolute atomic E-state index is 0.0825. The molecule has 0 aliphatic rings. The Hall–Kier alpha value is -1.07. The van der Waals surface area contributed by atoms with Crippen molar-refractivity contribution in [3.63, 3.8) is 0 Å². The number of halogens is 2. The Labute approximate surface area is 105 Å². The molecule has 0 saturated carbocycles. The summed E-state index contributed by atoms with van der Waals surface area (Å²) in [6.45, 7) is 0.0825. The number of benzene rings is 1. The third kappa shape index (κ3) is 2.05. The highest BCUT2D eigenvalue weighted by molar-refractivity contribution is 9.10. The van der Waals surface area contributed by atoms with Gasteiger partial charge in [-0.15, -0.1) is 0 Å². The average molecular weight is 304 g/mol. The van der Waals surface area contributed by atoms with Crippen molar-refractivity contribution in [1.82, 2.24) is 9.78 Å². The van der Waals surface area contributed by atoms with Gasteiger partial charge >= 0.3 is 5.97 Å². The van der Waals surface area contributed by atoms with E-state index in [9.17, 15) is 4.79 Å². The highest BCUT2D eigenvalue weighted by Gasteiger charge is 2.09. The number of methoxy groups -OCH3 is 1. The van der Waals surface area contributed by atoms with E-state index in [1.54, 1.807) is 6.20 Å². The summed E-state index contributed by atoms with van der Waals surface area (Å²) >= 11 is 9.42. The van der Waals surface area contributed by atoms with Crippen molar-refractivity contribution in [3.8, 4) is 0 Å². The molecule has 0 N–H and O–H groups in total. The molecule has 1 heterocycles. The van der Waals surface area contributed by atoms with Crippen LogP contribution in [-0.4, -0.2) is 22.9 Å². The molecule has 84 valence electrons. The summed E-state index contributed by atoms with van der Waals surface area (Å²) in [5.74, 6) is -0.344. The number of hydrogen-bond donors (Lipinski definition) is 0. The normalized spacial score (nSPS) is 10.7. The largest absolute Gasteiger partial charge is 0.468 e. The van der Waals surface area contributed by atoms with Crippen LogP contribution in [0.1, 0.15) is 0 Å². The molecular formula is C10H8BrClN2O2. The summed E-state index contributed by atoms with van der Waals surface area (Å²) in [5.41, 5.74) is 0.747. The van der Waals surface area contributed by atoms with Crippen LogP contribution in [0.25, 0.3) is 10.9 Å². The zero-order chi connectivity index (χ0) is 11.7. The molecule has 2 rings (SSSR count). The smallest absolute Gasteiger partial charge is 0.327 e. The van der Waals surface area contributed by atoms with Crippen LogP contribution < -0.4 is 0 Å². The topological polar surface area (TPSA) is 44.1 Å². The van der Waals surface area contributed by atoms with Crippen LogP contribution in [0.15, 0.2) is 22.8 Å². The first-order valence-corrected chi connectivity index (χ1v) is 5.67. The predicted octanol–water partition coefficient (Wildman–Crippen LogP) is 2.63. The molecule has 2 aromatic rings. The highest BCUT2D eigenvalue weighted by Crippen LogP contribution is 2.30. The van der Waals surface area contributed by atoms with Gasteiger partial charge in [-0.05, 0) is 28.1 Å². The van der Waals surface area contributed by atoms with Crippen LogP contribution in [0.2, 0.25) is 5.02 Å². The van der Waals surface area contributed by atoms with E-state index in [-0.39, 0.29) is 12.5 Å². The van der Waals surface area contributed by atoms with E-state index >= 15 is 0 Å². The number of fused-ring (bicyclic) bond motifs is 1. The molecular weight excluding hydrogens is 295 g/mol. The van der Waals surface area contributed by atoms with Crippen molar-refractivity contribution in [3.05, 3.63) is 27.8 Å². The van der Waals surface area contributed by atoms with Crippen molar-refractivity contribution in [2.24, 2.45) is 0 Å². The third-order valence-corrected chi connectivity index (χ3v) is 3.44. The molecule has 0 radical (unpaired) electrons. The Morgan fingerprint density at radius 3 is 3.06 bits per heavy atom. The Balaban J connectivity index is 2.44. The molecule has 4 nitrogen and oxygen atoms in total. The first kappa shape index (κ1) is 11.4. The summed E-state index contributed by atoms with van der Waals surface area (Å²) in [7, 11) is 1.34. The van der Waals surface area contributed by atoms with Crippen molar-refractivity contribution in [2.75, 3.05) is 7.11 Å². The number of carbonyl (C=O) groups excluding carboxylic acids is 1. The molecule has 1 aromatic heterocycles.